The molecule has 0 saturated heterocycles. The van der Waals surface area contributed by atoms with Gasteiger partial charge in [0.1, 0.15) is 5.75 Å². The monoisotopic (exact) mass is 242 g/mol. The number of hydrogen-bond acceptors (Lipinski definition) is 3. The van der Waals surface area contributed by atoms with Crippen molar-refractivity contribution >= 4 is 11.8 Å². The lowest BCUT2D eigenvalue weighted by Crippen LogP contribution is -2.26. The van der Waals surface area contributed by atoms with Crippen molar-refractivity contribution in [1.82, 2.24) is 5.32 Å². The zero-order valence-electron chi connectivity index (χ0n) is 9.80. The summed E-state index contributed by atoms with van der Waals surface area (Å²) in [7, 11) is 0. The molecule has 0 saturated carbocycles. The summed E-state index contributed by atoms with van der Waals surface area (Å²) in [6.07, 6.45) is -0.474. The Bertz CT molecular complexity index is 509. The molecule has 0 aromatic heterocycles. The number of nitrogens with one attached hydrogen (secondary N) is 1. The second-order valence-electron chi connectivity index (χ2n) is 3.80. The van der Waals surface area contributed by atoms with Crippen LogP contribution in [0.2, 0.25) is 0 Å². The fraction of sp³-hybridized carbons (Fsp3) is 0.0714. The Balaban J connectivity index is 1.83. The molecular formula is C14H14N2O2. The molecule has 3 N–H and O–H groups in total. The highest BCUT2D eigenvalue weighted by molar-refractivity contribution is 5.70. The zero-order chi connectivity index (χ0) is 12.8. The molecule has 18 heavy (non-hydrogen) atoms. The molecule has 4 nitrogen and oxygen atoms in total. The molecule has 0 fully saturated rings. The molecule has 0 aliphatic rings. The van der Waals surface area contributed by atoms with Gasteiger partial charge in [0.25, 0.3) is 0 Å². The van der Waals surface area contributed by atoms with Crippen LogP contribution < -0.4 is 15.8 Å². The highest BCUT2D eigenvalue weighted by Crippen LogP contribution is 2.09. The molecule has 2 aromatic rings. The number of amides is 1. The predicted octanol–water partition coefficient (Wildman–Crippen LogP) is 2.56. The quantitative estimate of drug-likeness (QED) is 0.813. The van der Waals surface area contributed by atoms with Crippen LogP contribution in [0, 0.1) is 0 Å². The molecule has 0 aliphatic heterocycles. The van der Waals surface area contributed by atoms with Crippen molar-refractivity contribution in [2.45, 2.75) is 6.54 Å². The lowest BCUT2D eigenvalue weighted by Gasteiger charge is -2.06. The second kappa shape index (κ2) is 5.72. The van der Waals surface area contributed by atoms with Crippen LogP contribution in [0.4, 0.5) is 10.5 Å². The van der Waals surface area contributed by atoms with Crippen molar-refractivity contribution in [1.29, 1.82) is 0 Å². The number of carbonyl (C=O) groups excluding carboxylic acids is 1. The summed E-state index contributed by atoms with van der Waals surface area (Å²) >= 11 is 0. The van der Waals surface area contributed by atoms with Gasteiger partial charge < -0.3 is 15.8 Å². The third-order valence-electron chi connectivity index (χ3n) is 2.37. The van der Waals surface area contributed by atoms with E-state index < -0.39 is 6.09 Å². The van der Waals surface area contributed by atoms with Crippen LogP contribution in [-0.2, 0) is 6.54 Å². The molecular weight excluding hydrogens is 228 g/mol. The Labute approximate surface area is 105 Å². The van der Waals surface area contributed by atoms with Crippen molar-refractivity contribution in [2.24, 2.45) is 0 Å². The summed E-state index contributed by atoms with van der Waals surface area (Å²) in [6, 6.07) is 16.2. The summed E-state index contributed by atoms with van der Waals surface area (Å²) in [6.45, 7) is 0.409. The maximum absolute atomic E-state index is 11.5. The van der Waals surface area contributed by atoms with Crippen molar-refractivity contribution in [2.75, 3.05) is 5.73 Å². The van der Waals surface area contributed by atoms with E-state index in [9.17, 15) is 4.79 Å². The highest BCUT2D eigenvalue weighted by Gasteiger charge is 2.03. The van der Waals surface area contributed by atoms with Gasteiger partial charge in [0, 0.05) is 12.2 Å². The Hall–Kier alpha value is -2.49. The Morgan fingerprint density at radius 2 is 1.72 bits per heavy atom. The molecule has 2 aromatic carbocycles. The fourth-order valence-electron chi connectivity index (χ4n) is 1.44. The summed E-state index contributed by atoms with van der Waals surface area (Å²) < 4.78 is 5.09. The van der Waals surface area contributed by atoms with Gasteiger partial charge in [-0.3, -0.25) is 0 Å². The number of carbonyl (C=O) groups is 1. The van der Waals surface area contributed by atoms with Gasteiger partial charge in [-0.25, -0.2) is 4.79 Å². The van der Waals surface area contributed by atoms with Crippen LogP contribution in [0.1, 0.15) is 5.56 Å². The smallest absolute Gasteiger partial charge is 0.410 e. The van der Waals surface area contributed by atoms with E-state index in [2.05, 4.69) is 5.32 Å². The van der Waals surface area contributed by atoms with Crippen LogP contribution >= 0.6 is 0 Å². The molecule has 1 amide bonds. The maximum Gasteiger partial charge on any atom is 0.412 e. The number of anilines is 1. The number of nitrogen functional groups attached to an aromatic ring is 1. The van der Waals surface area contributed by atoms with E-state index in [0.29, 0.717) is 18.0 Å². The minimum atomic E-state index is -0.474. The average Bonchev–Trinajstić information content (AvgIpc) is 2.39. The van der Waals surface area contributed by atoms with Gasteiger partial charge >= 0.3 is 6.09 Å². The third-order valence-corrected chi connectivity index (χ3v) is 2.37. The first-order chi connectivity index (χ1) is 8.74. The standard InChI is InChI=1S/C14H14N2O2/c15-12-8-6-11(7-9-12)10-16-14(17)18-13-4-2-1-3-5-13/h1-9H,10,15H2,(H,16,17). The van der Waals surface area contributed by atoms with Gasteiger partial charge in [-0.2, -0.15) is 0 Å². The summed E-state index contributed by atoms with van der Waals surface area (Å²) in [4.78, 5) is 11.5. The van der Waals surface area contributed by atoms with Crippen LogP contribution in [0.25, 0.3) is 0 Å². The Morgan fingerprint density at radius 3 is 2.39 bits per heavy atom. The van der Waals surface area contributed by atoms with E-state index in [-0.39, 0.29) is 0 Å². The molecule has 2 rings (SSSR count). The van der Waals surface area contributed by atoms with Crippen molar-refractivity contribution in [3.8, 4) is 5.75 Å². The number of ether oxygens (including phenoxy) is 1. The van der Waals surface area contributed by atoms with Crippen molar-refractivity contribution in [3.63, 3.8) is 0 Å². The van der Waals surface area contributed by atoms with Gasteiger partial charge in [-0.05, 0) is 29.8 Å². The molecule has 0 aliphatic carbocycles. The predicted molar refractivity (Wildman–Crippen MR) is 70.2 cm³/mol. The van der Waals surface area contributed by atoms with E-state index in [4.69, 9.17) is 10.5 Å². The molecule has 0 heterocycles. The summed E-state index contributed by atoms with van der Waals surface area (Å²) in [5.74, 6) is 0.521. The normalized spacial score (nSPS) is 9.78. The van der Waals surface area contributed by atoms with E-state index in [0.717, 1.165) is 5.56 Å². The third kappa shape index (κ3) is 3.52. The fourth-order valence-corrected chi connectivity index (χ4v) is 1.44. The number of rotatable bonds is 3. The molecule has 0 unspecified atom stereocenters. The van der Waals surface area contributed by atoms with Crippen molar-refractivity contribution < 1.29 is 9.53 Å². The number of nitrogens with two attached hydrogens (primary N) is 1. The van der Waals surface area contributed by atoms with Crippen LogP contribution in [0.15, 0.2) is 54.6 Å². The van der Waals surface area contributed by atoms with Crippen LogP contribution in [0.3, 0.4) is 0 Å². The molecule has 0 radical (unpaired) electrons. The average molecular weight is 242 g/mol. The molecule has 92 valence electrons. The number of benzene rings is 2. The van der Waals surface area contributed by atoms with E-state index in [1.54, 1.807) is 24.3 Å². The molecule has 0 atom stereocenters. The van der Waals surface area contributed by atoms with Gasteiger partial charge in [0.2, 0.25) is 0 Å². The molecule has 0 bridgehead atoms. The SMILES string of the molecule is Nc1ccc(CNC(=O)Oc2ccccc2)cc1. The topological polar surface area (TPSA) is 64.3 Å². The largest absolute Gasteiger partial charge is 0.412 e. The minimum Gasteiger partial charge on any atom is -0.410 e. The second-order valence-corrected chi connectivity index (χ2v) is 3.80. The van der Waals surface area contributed by atoms with Gasteiger partial charge in [0.05, 0.1) is 0 Å². The zero-order valence-corrected chi connectivity index (χ0v) is 9.80. The lowest BCUT2D eigenvalue weighted by atomic mass is 10.2. The Morgan fingerprint density at radius 1 is 1.06 bits per heavy atom. The number of hydrogen-bond donors (Lipinski definition) is 2. The van der Waals surface area contributed by atoms with Gasteiger partial charge in [-0.1, -0.05) is 30.3 Å². The highest BCUT2D eigenvalue weighted by atomic mass is 16.5. The summed E-state index contributed by atoms with van der Waals surface area (Å²) in [5, 5.41) is 2.66. The minimum absolute atomic E-state index is 0.409. The van der Waals surface area contributed by atoms with E-state index in [1.165, 1.54) is 0 Å². The molecule has 4 heteroatoms. The Kier molecular flexibility index (Phi) is 3.81. The van der Waals surface area contributed by atoms with Crippen LogP contribution in [-0.4, -0.2) is 6.09 Å². The molecule has 0 spiro atoms. The van der Waals surface area contributed by atoms with Crippen molar-refractivity contribution in [3.05, 3.63) is 60.2 Å². The van der Waals surface area contributed by atoms with E-state index >= 15 is 0 Å². The van der Waals surface area contributed by atoms with Gasteiger partial charge in [0.15, 0.2) is 0 Å². The first-order valence-electron chi connectivity index (χ1n) is 5.59. The van der Waals surface area contributed by atoms with E-state index in [1.807, 2.05) is 30.3 Å². The number of para-hydroxylation sites is 1. The summed E-state index contributed by atoms with van der Waals surface area (Å²) in [5.41, 5.74) is 7.24. The van der Waals surface area contributed by atoms with Crippen LogP contribution in [0.5, 0.6) is 5.75 Å². The van der Waals surface area contributed by atoms with Gasteiger partial charge in [-0.15, -0.1) is 0 Å². The lowest BCUT2D eigenvalue weighted by molar-refractivity contribution is 0.200. The first-order valence-corrected chi connectivity index (χ1v) is 5.59. The first kappa shape index (κ1) is 12.0. The maximum atomic E-state index is 11.5.